The summed E-state index contributed by atoms with van der Waals surface area (Å²) in [4.78, 5) is 0. The van der Waals surface area contributed by atoms with Gasteiger partial charge in [-0.15, -0.1) is 0 Å². The van der Waals surface area contributed by atoms with Crippen molar-refractivity contribution in [2.24, 2.45) is 34.4 Å². The van der Waals surface area contributed by atoms with Gasteiger partial charge in [-0.1, -0.05) is 0 Å². The summed E-state index contributed by atoms with van der Waals surface area (Å²) < 4.78 is 34.6. The quantitative estimate of drug-likeness (QED) is 0.115. The van der Waals surface area contributed by atoms with Crippen LogP contribution in [0.3, 0.4) is 0 Å². The largest absolute Gasteiger partial charge is 0.394 e. The third kappa shape index (κ3) is 6.60. The van der Waals surface area contributed by atoms with E-state index >= 15 is 0 Å². The summed E-state index contributed by atoms with van der Waals surface area (Å²) in [6.45, 7) is -0.967. The van der Waals surface area contributed by atoms with E-state index in [0.717, 1.165) is 0 Å². The number of hydrogen-bond donors (Lipinski definition) is 13. The van der Waals surface area contributed by atoms with Crippen molar-refractivity contribution < 1.29 is 64.2 Å². The van der Waals surface area contributed by atoms with Crippen molar-refractivity contribution >= 4 is 0 Å². The second kappa shape index (κ2) is 14.1. The normalized spacial score (nSPS) is 53.8. The van der Waals surface area contributed by atoms with Crippen LogP contribution in [0.15, 0.2) is 0 Å². The highest BCUT2D eigenvalue weighted by Gasteiger charge is 2.54. The lowest BCUT2D eigenvalue weighted by molar-refractivity contribution is -0.306. The van der Waals surface area contributed by atoms with Gasteiger partial charge in [0.25, 0.3) is 0 Å². The summed E-state index contributed by atoms with van der Waals surface area (Å²) in [7, 11) is 0. The number of nitrogens with two attached hydrogens (primary N) is 6. The van der Waals surface area contributed by atoms with E-state index in [2.05, 4.69) is 0 Å². The lowest BCUT2D eigenvalue weighted by Crippen LogP contribution is -2.68. The second-order valence-corrected chi connectivity index (χ2v) is 11.2. The minimum Gasteiger partial charge on any atom is -0.394 e. The molecule has 19 N–H and O–H groups in total. The maximum absolute atomic E-state index is 11.1. The highest BCUT2D eigenvalue weighted by atomic mass is 16.8. The summed E-state index contributed by atoms with van der Waals surface area (Å²) >= 11 is 0. The molecular formula is C23H46N6O13. The van der Waals surface area contributed by atoms with Gasteiger partial charge in [0.05, 0.1) is 24.8 Å². The molecule has 0 bridgehead atoms. The van der Waals surface area contributed by atoms with Crippen LogP contribution < -0.4 is 34.4 Å². The van der Waals surface area contributed by atoms with Crippen molar-refractivity contribution in [3.8, 4) is 0 Å². The number of ether oxygens (including phenoxy) is 6. The van der Waals surface area contributed by atoms with E-state index in [-0.39, 0.29) is 19.5 Å². The highest BCUT2D eigenvalue weighted by Crippen LogP contribution is 2.34. The maximum atomic E-state index is 11.1. The fourth-order valence-electron chi connectivity index (χ4n) is 5.74. The molecule has 19 atom stereocenters. The Morgan fingerprint density at radius 2 is 0.976 bits per heavy atom. The Labute approximate surface area is 241 Å². The predicted molar refractivity (Wildman–Crippen MR) is 138 cm³/mol. The maximum Gasteiger partial charge on any atom is 0.187 e. The molecule has 4 aliphatic rings. The Bertz CT molecular complexity index is 868. The first-order valence-electron chi connectivity index (χ1n) is 13.9. The van der Waals surface area contributed by atoms with Crippen LogP contribution in [0.5, 0.6) is 0 Å². The van der Waals surface area contributed by atoms with Gasteiger partial charge in [-0.3, -0.25) is 0 Å². The van der Waals surface area contributed by atoms with Crippen LogP contribution in [0.1, 0.15) is 6.42 Å². The molecule has 0 aromatic carbocycles. The first kappa shape index (κ1) is 34.1. The van der Waals surface area contributed by atoms with Crippen LogP contribution in [-0.4, -0.2) is 172 Å². The Morgan fingerprint density at radius 1 is 0.524 bits per heavy atom. The summed E-state index contributed by atoms with van der Waals surface area (Å²) in [6.07, 6.45) is -19.8. The molecular weight excluding hydrogens is 568 g/mol. The number of rotatable bonds is 9. The standard InChI is InChI=1S/C23H46N6O13/c24-2-7-13(32)15(34)10(28)21(37-7)40-18-6(27)1-5(26)12(31)20(18)42-23-17(36)19(9(4-30)39-23)41-22-11(29)16(35)14(33)8(3-25)38-22/h5-23,30-36H,1-4,24-29H2/t5-,6+,7+,8+,9-,10-,11+,12+,13-,14-,15-,16-,17+,18-,19-,20+,21-,22-,23?/m1/s1. The zero-order valence-electron chi connectivity index (χ0n) is 22.8. The van der Waals surface area contributed by atoms with Gasteiger partial charge in [0, 0.05) is 25.2 Å². The van der Waals surface area contributed by atoms with Crippen molar-refractivity contribution in [3.05, 3.63) is 0 Å². The number of aliphatic hydroxyl groups is 7. The smallest absolute Gasteiger partial charge is 0.187 e. The third-order valence-corrected chi connectivity index (χ3v) is 8.37. The van der Waals surface area contributed by atoms with Gasteiger partial charge in [0.15, 0.2) is 18.9 Å². The van der Waals surface area contributed by atoms with Gasteiger partial charge < -0.3 is 98.6 Å². The molecule has 3 aliphatic heterocycles. The van der Waals surface area contributed by atoms with Gasteiger partial charge in [0.1, 0.15) is 67.1 Å². The first-order chi connectivity index (χ1) is 19.8. The Balaban J connectivity index is 1.50. The summed E-state index contributed by atoms with van der Waals surface area (Å²) in [5.74, 6) is 0. The van der Waals surface area contributed by atoms with Crippen molar-refractivity contribution in [2.45, 2.75) is 123 Å². The Hall–Kier alpha value is -0.760. The lowest BCUT2D eigenvalue weighted by atomic mass is 9.84. The van der Waals surface area contributed by atoms with E-state index in [9.17, 15) is 35.7 Å². The van der Waals surface area contributed by atoms with E-state index in [1.54, 1.807) is 0 Å². The van der Waals surface area contributed by atoms with Crippen LogP contribution >= 0.6 is 0 Å². The fourth-order valence-corrected chi connectivity index (χ4v) is 5.74. The molecule has 1 aliphatic carbocycles. The summed E-state index contributed by atoms with van der Waals surface area (Å²) in [5.41, 5.74) is 35.6. The number of hydrogen-bond acceptors (Lipinski definition) is 19. The van der Waals surface area contributed by atoms with Gasteiger partial charge >= 0.3 is 0 Å². The molecule has 0 spiro atoms. The monoisotopic (exact) mass is 614 g/mol. The Kier molecular flexibility index (Phi) is 11.5. The van der Waals surface area contributed by atoms with E-state index in [4.69, 9.17) is 62.8 Å². The van der Waals surface area contributed by atoms with Crippen molar-refractivity contribution in [1.29, 1.82) is 0 Å². The topological polar surface area (TPSA) is 353 Å². The molecule has 3 saturated heterocycles. The SMILES string of the molecule is NC[C@@H]1O[C@H](O[C@H]2[C@H](O)C(O[C@H]3[C@@H](O)[C@H](N)C[C@H](N)[C@H]3O[C@H]3O[C@@H](CN)[C@@H](O)[C@H](O)[C@H]3N)O[C@@H]2CO)[C@@H](N)[C@@H](O)[C@@H]1O. The molecule has 246 valence electrons. The van der Waals surface area contributed by atoms with Crippen LogP contribution in [0, 0.1) is 0 Å². The Morgan fingerprint density at radius 3 is 1.45 bits per heavy atom. The van der Waals surface area contributed by atoms with Crippen molar-refractivity contribution in [1.82, 2.24) is 0 Å². The zero-order valence-corrected chi connectivity index (χ0v) is 22.8. The van der Waals surface area contributed by atoms with Gasteiger partial charge in [-0.25, -0.2) is 0 Å². The molecule has 4 rings (SSSR count). The van der Waals surface area contributed by atoms with Crippen LogP contribution in [-0.2, 0) is 28.4 Å². The van der Waals surface area contributed by atoms with E-state index in [1.807, 2.05) is 0 Å². The highest BCUT2D eigenvalue weighted by molar-refractivity contribution is 5.02. The molecule has 1 unspecified atom stereocenters. The molecule has 42 heavy (non-hydrogen) atoms. The second-order valence-electron chi connectivity index (χ2n) is 11.2. The third-order valence-electron chi connectivity index (χ3n) is 8.37. The van der Waals surface area contributed by atoms with Crippen LogP contribution in [0.25, 0.3) is 0 Å². The molecule has 0 aromatic rings. The minimum absolute atomic E-state index is 0.0889. The van der Waals surface area contributed by atoms with Crippen molar-refractivity contribution in [2.75, 3.05) is 19.7 Å². The average Bonchev–Trinajstić information content (AvgIpc) is 3.27. The molecule has 19 heteroatoms. The molecule has 0 aromatic heterocycles. The molecule has 0 radical (unpaired) electrons. The van der Waals surface area contributed by atoms with Crippen molar-refractivity contribution in [3.63, 3.8) is 0 Å². The van der Waals surface area contributed by atoms with Crippen LogP contribution in [0.4, 0.5) is 0 Å². The number of aliphatic hydroxyl groups excluding tert-OH is 7. The summed E-state index contributed by atoms with van der Waals surface area (Å²) in [6, 6.07) is -4.18. The lowest BCUT2D eigenvalue weighted by Gasteiger charge is -2.47. The molecule has 1 saturated carbocycles. The van der Waals surface area contributed by atoms with E-state index in [1.165, 1.54) is 0 Å². The molecule has 4 fully saturated rings. The van der Waals surface area contributed by atoms with E-state index < -0.39 is 123 Å². The van der Waals surface area contributed by atoms with Gasteiger partial charge in [-0.2, -0.15) is 0 Å². The summed E-state index contributed by atoms with van der Waals surface area (Å²) in [5, 5.41) is 73.0. The predicted octanol–water partition coefficient (Wildman–Crippen LogP) is -8.90. The average molecular weight is 615 g/mol. The first-order valence-corrected chi connectivity index (χ1v) is 13.9. The van der Waals surface area contributed by atoms with Crippen LogP contribution in [0.2, 0.25) is 0 Å². The molecule has 0 amide bonds. The molecule has 3 heterocycles. The molecule has 19 nitrogen and oxygen atoms in total. The fraction of sp³-hybridized carbons (Fsp3) is 1.00. The minimum atomic E-state index is -1.60. The van der Waals surface area contributed by atoms with Gasteiger partial charge in [-0.05, 0) is 6.42 Å². The van der Waals surface area contributed by atoms with E-state index in [0.29, 0.717) is 0 Å². The van der Waals surface area contributed by atoms with Gasteiger partial charge in [0.2, 0.25) is 0 Å². The zero-order chi connectivity index (χ0) is 31.0.